The van der Waals surface area contributed by atoms with Crippen LogP contribution in [0.4, 0.5) is 11.5 Å². The number of nitrogens with zero attached hydrogens (tertiary/aromatic N) is 4. The molecule has 0 bridgehead atoms. The maximum absolute atomic E-state index is 6.14. The zero-order valence-corrected chi connectivity index (χ0v) is 15.6. The van der Waals surface area contributed by atoms with Crippen molar-refractivity contribution in [1.82, 2.24) is 9.88 Å². The molecule has 0 N–H and O–H groups in total. The molecule has 0 radical (unpaired) electrons. The maximum Gasteiger partial charge on any atom is 0.171 e. The van der Waals surface area contributed by atoms with Gasteiger partial charge in [-0.05, 0) is 26.7 Å². The predicted octanol–water partition coefficient (Wildman–Crippen LogP) is 2.75. The molecule has 1 saturated carbocycles. The zero-order valence-electron chi connectivity index (χ0n) is 15.6. The van der Waals surface area contributed by atoms with Crippen LogP contribution in [0.25, 0.3) is 0 Å². The normalized spacial score (nSPS) is 27.9. The lowest BCUT2D eigenvalue weighted by Gasteiger charge is -2.56. The van der Waals surface area contributed by atoms with E-state index in [1.165, 1.54) is 38.0 Å². The van der Waals surface area contributed by atoms with E-state index >= 15 is 0 Å². The number of hydrogen-bond donors (Lipinski definition) is 0. The van der Waals surface area contributed by atoms with E-state index in [2.05, 4.69) is 40.8 Å². The Labute approximate surface area is 150 Å². The predicted molar refractivity (Wildman–Crippen MR) is 101 cm³/mol. The lowest BCUT2D eigenvalue weighted by atomic mass is 9.63. The first-order chi connectivity index (χ1) is 12.1. The molecule has 5 rings (SSSR count). The summed E-state index contributed by atoms with van der Waals surface area (Å²) in [5, 5.41) is 0. The molecule has 3 aliphatic heterocycles. The summed E-state index contributed by atoms with van der Waals surface area (Å²) in [6.07, 6.45) is 7.41. The number of piperazine rings is 1. The lowest BCUT2D eigenvalue weighted by Crippen LogP contribution is -2.59. The van der Waals surface area contributed by atoms with E-state index in [1.54, 1.807) is 0 Å². The van der Waals surface area contributed by atoms with Gasteiger partial charge in [0.15, 0.2) is 11.6 Å². The highest BCUT2D eigenvalue weighted by molar-refractivity contribution is 5.62. The second-order valence-corrected chi connectivity index (χ2v) is 8.80. The van der Waals surface area contributed by atoms with Crippen LogP contribution in [0, 0.1) is 5.41 Å². The van der Waals surface area contributed by atoms with Crippen molar-refractivity contribution in [3.8, 4) is 5.75 Å². The van der Waals surface area contributed by atoms with Gasteiger partial charge in [-0.3, -0.25) is 4.90 Å². The summed E-state index contributed by atoms with van der Waals surface area (Å²) in [7, 11) is 0. The maximum atomic E-state index is 6.14. The first-order valence-corrected chi connectivity index (χ1v) is 10.0. The van der Waals surface area contributed by atoms with E-state index < -0.39 is 0 Å². The summed E-state index contributed by atoms with van der Waals surface area (Å²) in [5.74, 6) is 2.06. The van der Waals surface area contributed by atoms with Crippen LogP contribution in [0.2, 0.25) is 0 Å². The molecule has 1 unspecified atom stereocenters. The first kappa shape index (κ1) is 15.7. The second kappa shape index (κ2) is 5.76. The minimum Gasteiger partial charge on any atom is -0.490 e. The highest BCUT2D eigenvalue weighted by Crippen LogP contribution is 2.50. The van der Waals surface area contributed by atoms with Gasteiger partial charge in [0.05, 0.1) is 18.5 Å². The molecule has 1 spiro atoms. The molecule has 1 aromatic heterocycles. The molecule has 5 heteroatoms. The highest BCUT2D eigenvalue weighted by atomic mass is 16.5. The van der Waals surface area contributed by atoms with Gasteiger partial charge in [-0.1, -0.05) is 6.42 Å². The van der Waals surface area contributed by atoms with Gasteiger partial charge in [0, 0.05) is 62.7 Å². The van der Waals surface area contributed by atoms with Crippen LogP contribution in [0.15, 0.2) is 12.3 Å². The molecule has 5 nitrogen and oxygen atoms in total. The molecule has 4 heterocycles. The Morgan fingerprint density at radius 2 is 2.08 bits per heavy atom. The molecule has 0 aromatic carbocycles. The number of fused-ring (bicyclic) bond motifs is 3. The van der Waals surface area contributed by atoms with E-state index in [1.807, 2.05) is 0 Å². The van der Waals surface area contributed by atoms with Gasteiger partial charge >= 0.3 is 0 Å². The Balaban J connectivity index is 1.35. The molecule has 0 amide bonds. The van der Waals surface area contributed by atoms with Crippen LogP contribution in [0.3, 0.4) is 0 Å². The van der Waals surface area contributed by atoms with Gasteiger partial charge in [-0.15, -0.1) is 0 Å². The van der Waals surface area contributed by atoms with Crippen molar-refractivity contribution < 1.29 is 4.74 Å². The van der Waals surface area contributed by atoms with Crippen molar-refractivity contribution in [2.75, 3.05) is 49.1 Å². The van der Waals surface area contributed by atoms with Crippen molar-refractivity contribution in [3.05, 3.63) is 12.3 Å². The van der Waals surface area contributed by atoms with Gasteiger partial charge in [0.2, 0.25) is 0 Å². The fourth-order valence-electron chi connectivity index (χ4n) is 5.04. The van der Waals surface area contributed by atoms with E-state index in [4.69, 9.17) is 9.72 Å². The molecule has 1 aromatic rings. The molecule has 2 saturated heterocycles. The van der Waals surface area contributed by atoms with E-state index in [0.717, 1.165) is 44.2 Å². The minimum absolute atomic E-state index is 0.526. The molecule has 1 aliphatic carbocycles. The van der Waals surface area contributed by atoms with Crippen LogP contribution in [-0.2, 0) is 0 Å². The van der Waals surface area contributed by atoms with Crippen molar-refractivity contribution in [1.29, 1.82) is 0 Å². The summed E-state index contributed by atoms with van der Waals surface area (Å²) in [6, 6.07) is 3.38. The van der Waals surface area contributed by atoms with Gasteiger partial charge in [0.1, 0.15) is 0 Å². The monoisotopic (exact) mass is 342 g/mol. The van der Waals surface area contributed by atoms with Crippen molar-refractivity contribution >= 4 is 11.5 Å². The second-order valence-electron chi connectivity index (χ2n) is 8.80. The molecule has 136 valence electrons. The molecule has 3 fully saturated rings. The van der Waals surface area contributed by atoms with Gasteiger partial charge in [-0.25, -0.2) is 4.98 Å². The van der Waals surface area contributed by atoms with Crippen LogP contribution < -0.4 is 14.5 Å². The number of ether oxygens (including phenoxy) is 1. The summed E-state index contributed by atoms with van der Waals surface area (Å²) < 4.78 is 6.14. The van der Waals surface area contributed by atoms with E-state index in [0.29, 0.717) is 17.5 Å². The summed E-state index contributed by atoms with van der Waals surface area (Å²) in [5.41, 5.74) is 1.89. The number of aromatic nitrogens is 1. The number of pyridine rings is 1. The number of anilines is 2. The van der Waals surface area contributed by atoms with Gasteiger partial charge in [0.25, 0.3) is 0 Å². The fourth-order valence-corrected chi connectivity index (χ4v) is 5.04. The SMILES string of the molecule is CC(C)N1CCN2c3ncc(N4CC5(CCC5)C4)cc3OCCC2C1. The molecule has 1 atom stereocenters. The Hall–Kier alpha value is -1.49. The average Bonchev–Trinajstić information content (AvgIpc) is 2.70. The Morgan fingerprint density at radius 3 is 2.80 bits per heavy atom. The van der Waals surface area contributed by atoms with Crippen molar-refractivity contribution in [2.24, 2.45) is 5.41 Å². The molecular formula is C20H30N4O. The zero-order chi connectivity index (χ0) is 17.0. The summed E-state index contributed by atoms with van der Waals surface area (Å²) >= 11 is 0. The summed E-state index contributed by atoms with van der Waals surface area (Å²) in [6.45, 7) is 11.1. The van der Waals surface area contributed by atoms with Crippen LogP contribution in [0.5, 0.6) is 5.75 Å². The standard InChI is InChI=1S/C20H30N4O/c1-15(2)22-7-8-24-16(12-22)4-9-25-18-10-17(11-21-19(18)24)23-13-20(14-23)5-3-6-20/h10-11,15-16H,3-9,12-14H2,1-2H3. The quantitative estimate of drug-likeness (QED) is 0.825. The lowest BCUT2D eigenvalue weighted by molar-refractivity contribution is 0.0903. The summed E-state index contributed by atoms with van der Waals surface area (Å²) in [4.78, 5) is 12.4. The third kappa shape index (κ3) is 2.59. The Kier molecular flexibility index (Phi) is 3.63. The minimum atomic E-state index is 0.526. The van der Waals surface area contributed by atoms with Gasteiger partial charge in [-0.2, -0.15) is 0 Å². The van der Waals surface area contributed by atoms with Crippen molar-refractivity contribution in [3.63, 3.8) is 0 Å². The topological polar surface area (TPSA) is 31.8 Å². The molecule has 4 aliphatic rings. The third-order valence-electron chi connectivity index (χ3n) is 6.88. The average molecular weight is 342 g/mol. The van der Waals surface area contributed by atoms with E-state index in [9.17, 15) is 0 Å². The Bertz CT molecular complexity index is 649. The van der Waals surface area contributed by atoms with Crippen LogP contribution in [-0.4, -0.2) is 61.3 Å². The van der Waals surface area contributed by atoms with E-state index in [-0.39, 0.29) is 0 Å². The number of hydrogen-bond acceptors (Lipinski definition) is 5. The van der Waals surface area contributed by atoms with Crippen molar-refractivity contribution in [2.45, 2.75) is 51.6 Å². The third-order valence-corrected chi connectivity index (χ3v) is 6.88. The molecular weight excluding hydrogens is 312 g/mol. The van der Waals surface area contributed by atoms with Crippen LogP contribution in [0.1, 0.15) is 39.5 Å². The fraction of sp³-hybridized carbons (Fsp3) is 0.750. The molecule has 25 heavy (non-hydrogen) atoms. The van der Waals surface area contributed by atoms with Gasteiger partial charge < -0.3 is 14.5 Å². The highest BCUT2D eigenvalue weighted by Gasteiger charge is 2.47. The largest absolute Gasteiger partial charge is 0.490 e. The smallest absolute Gasteiger partial charge is 0.171 e. The Morgan fingerprint density at radius 1 is 1.24 bits per heavy atom. The number of rotatable bonds is 2. The first-order valence-electron chi connectivity index (χ1n) is 10.0. The van der Waals surface area contributed by atoms with Crippen LogP contribution >= 0.6 is 0 Å².